The summed E-state index contributed by atoms with van der Waals surface area (Å²) in [6.07, 6.45) is 1.56. The normalized spacial score (nSPS) is 10.7. The summed E-state index contributed by atoms with van der Waals surface area (Å²) in [5, 5.41) is 7.88. The van der Waals surface area contributed by atoms with Crippen molar-refractivity contribution in [1.82, 2.24) is 14.8 Å². The van der Waals surface area contributed by atoms with Crippen LogP contribution in [0.4, 0.5) is 10.5 Å². The highest BCUT2D eigenvalue weighted by atomic mass is 16.2. The molecule has 0 radical (unpaired) electrons. The molecule has 0 aliphatic carbocycles. The molecule has 20 heavy (non-hydrogen) atoms. The van der Waals surface area contributed by atoms with Crippen molar-refractivity contribution in [2.45, 2.75) is 6.92 Å². The number of hydrogen-bond acceptors (Lipinski definition) is 3. The van der Waals surface area contributed by atoms with Gasteiger partial charge in [-0.15, -0.1) is 0 Å². The number of aryl methyl sites for hydroxylation is 1. The van der Waals surface area contributed by atoms with Gasteiger partial charge in [-0.2, -0.15) is 5.10 Å². The molecule has 3 N–H and O–H groups in total. The van der Waals surface area contributed by atoms with Crippen molar-refractivity contribution in [2.24, 2.45) is 5.73 Å². The summed E-state index contributed by atoms with van der Waals surface area (Å²) in [7, 11) is 0. The minimum atomic E-state index is -0.612. The number of hydrogen-bond donors (Lipinski definition) is 2. The molecule has 0 fully saturated rings. The van der Waals surface area contributed by atoms with Crippen LogP contribution in [0.2, 0.25) is 0 Å². The van der Waals surface area contributed by atoms with Gasteiger partial charge >= 0.3 is 6.03 Å². The number of benzene rings is 1. The Labute approximate surface area is 115 Å². The maximum absolute atomic E-state index is 10.9. The lowest BCUT2D eigenvalue weighted by atomic mass is 10.2. The van der Waals surface area contributed by atoms with E-state index in [1.165, 1.54) is 0 Å². The largest absolute Gasteiger partial charge is 0.351 e. The van der Waals surface area contributed by atoms with Crippen LogP contribution in [-0.2, 0) is 0 Å². The van der Waals surface area contributed by atoms with E-state index in [0.717, 1.165) is 22.4 Å². The first-order valence-corrected chi connectivity index (χ1v) is 6.12. The molecule has 6 heteroatoms. The number of pyridine rings is 1. The van der Waals surface area contributed by atoms with Crippen LogP contribution in [0.15, 0.2) is 42.6 Å². The number of rotatable bonds is 2. The van der Waals surface area contributed by atoms with Crippen LogP contribution in [0.3, 0.4) is 0 Å². The number of carbonyl (C=O) groups is 1. The van der Waals surface area contributed by atoms with Crippen molar-refractivity contribution in [3.8, 4) is 5.69 Å². The summed E-state index contributed by atoms with van der Waals surface area (Å²) >= 11 is 0. The average molecular weight is 267 g/mol. The second-order valence-corrected chi connectivity index (χ2v) is 4.42. The van der Waals surface area contributed by atoms with Gasteiger partial charge in [0.25, 0.3) is 0 Å². The quantitative estimate of drug-likeness (QED) is 0.746. The first kappa shape index (κ1) is 12.2. The summed E-state index contributed by atoms with van der Waals surface area (Å²) < 4.78 is 1.78. The standard InChI is InChI=1S/C14H13N5O/c1-9-12-7-10(17-14(15)20)8-16-13(12)19(18-9)11-5-3-2-4-6-11/h2-8H,1H3,(H3,15,17,20). The number of nitrogens with zero attached hydrogens (tertiary/aromatic N) is 3. The lowest BCUT2D eigenvalue weighted by molar-refractivity contribution is 0.259. The Morgan fingerprint density at radius 1 is 1.30 bits per heavy atom. The molecule has 0 unspecified atom stereocenters. The molecule has 3 aromatic rings. The van der Waals surface area contributed by atoms with Gasteiger partial charge in [0.15, 0.2) is 5.65 Å². The SMILES string of the molecule is Cc1nn(-c2ccccc2)c2ncc(NC(N)=O)cc12. The van der Waals surface area contributed by atoms with E-state index in [2.05, 4.69) is 15.4 Å². The van der Waals surface area contributed by atoms with Gasteiger partial charge in [-0.05, 0) is 25.1 Å². The van der Waals surface area contributed by atoms with Gasteiger partial charge in [-0.25, -0.2) is 14.5 Å². The summed E-state index contributed by atoms with van der Waals surface area (Å²) in [5.74, 6) is 0. The van der Waals surface area contributed by atoms with Crippen molar-refractivity contribution in [2.75, 3.05) is 5.32 Å². The first-order valence-electron chi connectivity index (χ1n) is 6.12. The highest BCUT2D eigenvalue weighted by Gasteiger charge is 2.11. The molecule has 2 heterocycles. The molecule has 0 aliphatic rings. The summed E-state index contributed by atoms with van der Waals surface area (Å²) in [6, 6.07) is 11.0. The molecule has 100 valence electrons. The molecule has 3 rings (SSSR count). The smallest absolute Gasteiger partial charge is 0.316 e. The lowest BCUT2D eigenvalue weighted by Crippen LogP contribution is -2.19. The Morgan fingerprint density at radius 3 is 2.75 bits per heavy atom. The Balaban J connectivity index is 2.15. The van der Waals surface area contributed by atoms with Crippen LogP contribution < -0.4 is 11.1 Å². The van der Waals surface area contributed by atoms with E-state index in [-0.39, 0.29) is 0 Å². The van der Waals surface area contributed by atoms with Crippen LogP contribution in [0.25, 0.3) is 16.7 Å². The summed E-state index contributed by atoms with van der Waals surface area (Å²) in [6.45, 7) is 1.90. The number of para-hydroxylation sites is 1. The molecular weight excluding hydrogens is 254 g/mol. The minimum absolute atomic E-state index is 0.556. The highest BCUT2D eigenvalue weighted by Crippen LogP contribution is 2.22. The lowest BCUT2D eigenvalue weighted by Gasteiger charge is -2.03. The Kier molecular flexibility index (Phi) is 2.83. The van der Waals surface area contributed by atoms with Crippen LogP contribution in [0, 0.1) is 6.92 Å². The second-order valence-electron chi connectivity index (χ2n) is 4.42. The fourth-order valence-electron chi connectivity index (χ4n) is 2.10. The molecule has 0 bridgehead atoms. The van der Waals surface area contributed by atoms with Crippen molar-refractivity contribution in [3.05, 3.63) is 48.3 Å². The number of nitrogens with two attached hydrogens (primary N) is 1. The molecule has 2 amide bonds. The second kappa shape index (κ2) is 4.65. The molecule has 6 nitrogen and oxygen atoms in total. The molecule has 0 aliphatic heterocycles. The molecular formula is C14H13N5O. The monoisotopic (exact) mass is 267 g/mol. The van der Waals surface area contributed by atoms with E-state index in [9.17, 15) is 4.79 Å². The molecule has 1 aromatic carbocycles. The van der Waals surface area contributed by atoms with E-state index in [1.807, 2.05) is 43.3 Å². The van der Waals surface area contributed by atoms with E-state index < -0.39 is 6.03 Å². The van der Waals surface area contributed by atoms with Gasteiger partial charge in [-0.1, -0.05) is 18.2 Å². The fourth-order valence-corrected chi connectivity index (χ4v) is 2.10. The van der Waals surface area contributed by atoms with E-state index in [4.69, 9.17) is 5.73 Å². The van der Waals surface area contributed by atoms with Gasteiger partial charge in [0.05, 0.1) is 23.3 Å². The Bertz CT molecular complexity index is 779. The van der Waals surface area contributed by atoms with Crippen LogP contribution in [0.5, 0.6) is 0 Å². The third-order valence-electron chi connectivity index (χ3n) is 2.98. The van der Waals surface area contributed by atoms with Gasteiger partial charge in [0.1, 0.15) is 0 Å². The molecule has 0 saturated heterocycles. The van der Waals surface area contributed by atoms with Crippen molar-refractivity contribution >= 4 is 22.8 Å². The number of carbonyl (C=O) groups excluding carboxylic acids is 1. The predicted octanol–water partition coefficient (Wildman–Crippen LogP) is 2.22. The highest BCUT2D eigenvalue weighted by molar-refractivity contribution is 5.91. The maximum atomic E-state index is 10.9. The first-order chi connectivity index (χ1) is 9.65. The number of amides is 2. The fraction of sp³-hybridized carbons (Fsp3) is 0.0714. The number of primary amides is 1. The van der Waals surface area contributed by atoms with Gasteiger partial charge in [-0.3, -0.25) is 0 Å². The molecule has 0 atom stereocenters. The topological polar surface area (TPSA) is 85.8 Å². The Hall–Kier alpha value is -2.89. The third kappa shape index (κ3) is 2.07. The number of fused-ring (bicyclic) bond motifs is 1. The Morgan fingerprint density at radius 2 is 2.05 bits per heavy atom. The van der Waals surface area contributed by atoms with Gasteiger partial charge < -0.3 is 11.1 Å². The predicted molar refractivity (Wildman–Crippen MR) is 76.8 cm³/mol. The van der Waals surface area contributed by atoms with E-state index in [0.29, 0.717) is 5.69 Å². The zero-order valence-electron chi connectivity index (χ0n) is 10.9. The summed E-state index contributed by atoms with van der Waals surface area (Å²) in [5.41, 5.74) is 8.18. The molecule has 2 aromatic heterocycles. The minimum Gasteiger partial charge on any atom is -0.351 e. The van der Waals surface area contributed by atoms with Crippen molar-refractivity contribution in [1.29, 1.82) is 0 Å². The number of anilines is 1. The summed E-state index contributed by atoms with van der Waals surface area (Å²) in [4.78, 5) is 15.2. The molecule has 0 saturated carbocycles. The average Bonchev–Trinajstić information content (AvgIpc) is 2.76. The van der Waals surface area contributed by atoms with Crippen LogP contribution in [0.1, 0.15) is 5.69 Å². The van der Waals surface area contributed by atoms with Crippen molar-refractivity contribution in [3.63, 3.8) is 0 Å². The van der Waals surface area contributed by atoms with Crippen LogP contribution in [-0.4, -0.2) is 20.8 Å². The number of aromatic nitrogens is 3. The van der Waals surface area contributed by atoms with Crippen molar-refractivity contribution < 1.29 is 4.79 Å². The van der Waals surface area contributed by atoms with Crippen LogP contribution >= 0.6 is 0 Å². The number of urea groups is 1. The third-order valence-corrected chi connectivity index (χ3v) is 2.98. The zero-order valence-corrected chi connectivity index (χ0v) is 10.9. The van der Waals surface area contributed by atoms with Gasteiger partial charge in [0.2, 0.25) is 0 Å². The van der Waals surface area contributed by atoms with E-state index in [1.54, 1.807) is 10.9 Å². The van der Waals surface area contributed by atoms with E-state index >= 15 is 0 Å². The maximum Gasteiger partial charge on any atom is 0.316 e. The van der Waals surface area contributed by atoms with Gasteiger partial charge in [0, 0.05) is 5.39 Å². The molecule has 0 spiro atoms. The zero-order chi connectivity index (χ0) is 14.1. The number of nitrogens with one attached hydrogen (secondary N) is 1.